The van der Waals surface area contributed by atoms with Crippen molar-refractivity contribution in [3.05, 3.63) is 65.2 Å². The maximum absolute atomic E-state index is 12.1. The van der Waals surface area contributed by atoms with Gasteiger partial charge in [0.25, 0.3) is 0 Å². The molecule has 4 heteroatoms. The van der Waals surface area contributed by atoms with Crippen LogP contribution in [0, 0.1) is 6.92 Å². The first-order valence-electron chi connectivity index (χ1n) is 6.29. The predicted molar refractivity (Wildman–Crippen MR) is 76.6 cm³/mol. The molecule has 0 saturated carbocycles. The summed E-state index contributed by atoms with van der Waals surface area (Å²) in [6, 6.07) is 14.6. The lowest BCUT2D eigenvalue weighted by atomic mass is 10.0. The second kappa shape index (κ2) is 6.71. The average Bonchev–Trinajstić information content (AvgIpc) is 2.38. The topological polar surface area (TPSA) is 9.23 Å². The zero-order valence-corrected chi connectivity index (χ0v) is 11.8. The summed E-state index contributed by atoms with van der Waals surface area (Å²) in [5, 5.41) is -0.197. The highest BCUT2D eigenvalue weighted by Gasteiger charge is 2.10. The van der Waals surface area contributed by atoms with Crippen LogP contribution in [-0.4, -0.2) is 6.61 Å². The van der Waals surface area contributed by atoms with Crippen LogP contribution in [0.25, 0.3) is 0 Å². The van der Waals surface area contributed by atoms with Gasteiger partial charge < -0.3 is 4.74 Å². The second-order valence-corrected chi connectivity index (χ2v) is 5.14. The summed E-state index contributed by atoms with van der Waals surface area (Å²) in [6.45, 7) is -0.775. The molecule has 0 aromatic heterocycles. The van der Waals surface area contributed by atoms with Gasteiger partial charge in [0.05, 0.1) is 5.38 Å². The fourth-order valence-corrected chi connectivity index (χ4v) is 2.35. The van der Waals surface area contributed by atoms with Crippen LogP contribution in [0.3, 0.4) is 0 Å². The maximum atomic E-state index is 12.1. The van der Waals surface area contributed by atoms with Gasteiger partial charge in [-0.25, -0.2) is 0 Å². The molecule has 0 bridgehead atoms. The van der Waals surface area contributed by atoms with E-state index in [0.717, 1.165) is 11.1 Å². The van der Waals surface area contributed by atoms with E-state index in [4.69, 9.17) is 11.6 Å². The van der Waals surface area contributed by atoms with E-state index in [2.05, 4.69) is 10.8 Å². The first-order chi connectivity index (χ1) is 9.54. The summed E-state index contributed by atoms with van der Waals surface area (Å²) in [5.41, 5.74) is 3.22. The molecule has 0 N–H and O–H groups in total. The van der Waals surface area contributed by atoms with E-state index in [9.17, 15) is 8.78 Å². The Hall–Kier alpha value is -1.61. The van der Waals surface area contributed by atoms with E-state index in [1.54, 1.807) is 12.1 Å². The minimum absolute atomic E-state index is 0.142. The van der Waals surface area contributed by atoms with Crippen LogP contribution in [0.1, 0.15) is 22.1 Å². The summed E-state index contributed by atoms with van der Waals surface area (Å²) in [6.07, 6.45) is 0.693. The quantitative estimate of drug-likeness (QED) is 0.696. The number of benzene rings is 2. The van der Waals surface area contributed by atoms with E-state index in [-0.39, 0.29) is 11.1 Å². The molecule has 0 aliphatic carbocycles. The number of rotatable bonds is 5. The molecule has 0 fully saturated rings. The third-order valence-corrected chi connectivity index (χ3v) is 3.37. The summed E-state index contributed by atoms with van der Waals surface area (Å²) in [5.74, 6) is 0.142. The van der Waals surface area contributed by atoms with Crippen LogP contribution in [0.5, 0.6) is 5.75 Å². The van der Waals surface area contributed by atoms with Crippen molar-refractivity contribution in [2.45, 2.75) is 25.3 Å². The lowest BCUT2D eigenvalue weighted by molar-refractivity contribution is -0.0498. The highest BCUT2D eigenvalue weighted by molar-refractivity contribution is 6.20. The molecule has 2 aromatic rings. The molecule has 0 radical (unpaired) electrons. The lowest BCUT2D eigenvalue weighted by Crippen LogP contribution is -2.02. The number of hydrogen-bond donors (Lipinski definition) is 0. The highest BCUT2D eigenvalue weighted by Crippen LogP contribution is 2.27. The Labute approximate surface area is 122 Å². The molecule has 2 aromatic carbocycles. The van der Waals surface area contributed by atoms with Gasteiger partial charge in [0, 0.05) is 0 Å². The third-order valence-electron chi connectivity index (χ3n) is 2.96. The number of alkyl halides is 3. The van der Waals surface area contributed by atoms with Crippen molar-refractivity contribution in [3.8, 4) is 5.75 Å². The normalized spacial score (nSPS) is 12.4. The number of halogens is 3. The van der Waals surface area contributed by atoms with Crippen molar-refractivity contribution >= 4 is 11.6 Å². The molecule has 2 rings (SSSR count). The fraction of sp³-hybridized carbons (Fsp3) is 0.250. The van der Waals surface area contributed by atoms with Crippen LogP contribution >= 0.6 is 11.6 Å². The molecule has 1 nitrogen and oxygen atoms in total. The van der Waals surface area contributed by atoms with Crippen molar-refractivity contribution in [1.29, 1.82) is 0 Å². The molecule has 20 heavy (non-hydrogen) atoms. The minimum atomic E-state index is -2.81. The van der Waals surface area contributed by atoms with Crippen molar-refractivity contribution in [2.75, 3.05) is 0 Å². The van der Waals surface area contributed by atoms with Gasteiger partial charge in [-0.1, -0.05) is 42.0 Å². The Morgan fingerprint density at radius 1 is 1.10 bits per heavy atom. The van der Waals surface area contributed by atoms with Crippen molar-refractivity contribution in [2.24, 2.45) is 0 Å². The van der Waals surface area contributed by atoms with Gasteiger partial charge in [0.2, 0.25) is 0 Å². The molecule has 1 atom stereocenters. The van der Waals surface area contributed by atoms with Crippen LogP contribution in [0.4, 0.5) is 8.78 Å². The Bertz CT molecular complexity index is 555. The number of aryl methyl sites for hydroxylation is 1. The average molecular weight is 297 g/mol. The van der Waals surface area contributed by atoms with Crippen LogP contribution in [-0.2, 0) is 6.42 Å². The zero-order chi connectivity index (χ0) is 14.5. The molecular weight excluding hydrogens is 282 g/mol. The van der Waals surface area contributed by atoms with Gasteiger partial charge in [-0.2, -0.15) is 8.78 Å². The molecule has 0 spiro atoms. The number of hydrogen-bond acceptors (Lipinski definition) is 1. The monoisotopic (exact) mass is 296 g/mol. The van der Waals surface area contributed by atoms with Crippen molar-refractivity contribution < 1.29 is 13.5 Å². The zero-order valence-electron chi connectivity index (χ0n) is 11.0. The molecule has 0 saturated heterocycles. The summed E-state index contributed by atoms with van der Waals surface area (Å²) < 4.78 is 28.4. The first kappa shape index (κ1) is 14.8. The Morgan fingerprint density at radius 3 is 2.40 bits per heavy atom. The molecule has 0 heterocycles. The lowest BCUT2D eigenvalue weighted by Gasteiger charge is -2.11. The molecule has 0 amide bonds. The van der Waals surface area contributed by atoms with Crippen LogP contribution < -0.4 is 4.74 Å². The molecule has 0 aliphatic rings. The van der Waals surface area contributed by atoms with Crippen molar-refractivity contribution in [1.82, 2.24) is 0 Å². The standard InChI is InChI=1S/C16H15ClF2O/c1-11-3-2-4-12(9-11)10-15(17)13-5-7-14(8-6-13)20-16(18)19/h2-9,15-16H,10H2,1H3. The maximum Gasteiger partial charge on any atom is 0.387 e. The van der Waals surface area contributed by atoms with Gasteiger partial charge >= 0.3 is 6.61 Å². The second-order valence-electron chi connectivity index (χ2n) is 4.61. The van der Waals surface area contributed by atoms with Gasteiger partial charge in [-0.3, -0.25) is 0 Å². The summed E-state index contributed by atoms with van der Waals surface area (Å²) in [7, 11) is 0. The van der Waals surface area contributed by atoms with Gasteiger partial charge in [-0.15, -0.1) is 11.6 Å². The van der Waals surface area contributed by atoms with Crippen LogP contribution in [0.15, 0.2) is 48.5 Å². The Balaban J connectivity index is 2.03. The van der Waals surface area contributed by atoms with E-state index in [0.29, 0.717) is 6.42 Å². The fourth-order valence-electron chi connectivity index (χ4n) is 2.02. The van der Waals surface area contributed by atoms with E-state index in [1.807, 2.05) is 25.1 Å². The van der Waals surface area contributed by atoms with E-state index in [1.165, 1.54) is 17.7 Å². The van der Waals surface area contributed by atoms with E-state index >= 15 is 0 Å². The SMILES string of the molecule is Cc1cccc(CC(Cl)c2ccc(OC(F)F)cc2)c1. The van der Waals surface area contributed by atoms with Crippen molar-refractivity contribution in [3.63, 3.8) is 0 Å². The molecule has 0 aliphatic heterocycles. The first-order valence-corrected chi connectivity index (χ1v) is 6.72. The largest absolute Gasteiger partial charge is 0.435 e. The third kappa shape index (κ3) is 4.20. The minimum Gasteiger partial charge on any atom is -0.435 e. The van der Waals surface area contributed by atoms with Gasteiger partial charge in [0.1, 0.15) is 5.75 Å². The Kier molecular flexibility index (Phi) is 4.96. The molecular formula is C16H15ClF2O. The van der Waals surface area contributed by atoms with Gasteiger partial charge in [-0.05, 0) is 36.6 Å². The molecule has 106 valence electrons. The Morgan fingerprint density at radius 2 is 1.80 bits per heavy atom. The smallest absolute Gasteiger partial charge is 0.387 e. The van der Waals surface area contributed by atoms with E-state index < -0.39 is 6.61 Å². The molecule has 1 unspecified atom stereocenters. The van der Waals surface area contributed by atoms with Gasteiger partial charge in [0.15, 0.2) is 0 Å². The highest BCUT2D eigenvalue weighted by atomic mass is 35.5. The number of ether oxygens (including phenoxy) is 1. The summed E-state index contributed by atoms with van der Waals surface area (Å²) >= 11 is 6.36. The summed E-state index contributed by atoms with van der Waals surface area (Å²) in [4.78, 5) is 0. The van der Waals surface area contributed by atoms with Crippen LogP contribution in [0.2, 0.25) is 0 Å². The predicted octanol–water partition coefficient (Wildman–Crippen LogP) is 5.12.